The maximum atomic E-state index is 14.6. The lowest BCUT2D eigenvalue weighted by Gasteiger charge is -2.39. The van der Waals surface area contributed by atoms with E-state index in [0.717, 1.165) is 39.0 Å². The van der Waals surface area contributed by atoms with E-state index in [4.69, 9.17) is 0 Å². The number of rotatable bonds is 18. The Morgan fingerprint density at radius 3 is 2.05 bits per heavy atom. The number of nitrogens with zero attached hydrogens (tertiary/aromatic N) is 1. The molecule has 2 saturated carbocycles. The van der Waals surface area contributed by atoms with Crippen molar-refractivity contribution in [3.05, 3.63) is 35.9 Å². The first-order valence-electron chi connectivity index (χ1n) is 20.5. The number of likely N-dealkylation sites (tertiary alicyclic amines) is 1. The SMILES string of the molecule is CCCC(NC(=O)[C@@H]1[C@H]2CC[C@H](C2)N1C(=O)[C@@H](NC(=O)[C@@H](NC(=O)[C@H](CNC(=O)OC)NC(=O)OC)C1CCCCC1)C(C)C)C(=O)C(=O)N[C@@H](C)c1ccccc1. The van der Waals surface area contributed by atoms with Crippen molar-refractivity contribution in [3.8, 4) is 0 Å². The number of carbonyl (C=O) groups is 8. The van der Waals surface area contributed by atoms with Gasteiger partial charge in [0.05, 0.1) is 32.8 Å². The number of hydrogen-bond donors (Lipinski definition) is 6. The monoisotopic (exact) mass is 811 g/mol. The van der Waals surface area contributed by atoms with Gasteiger partial charge in [-0.2, -0.15) is 0 Å². The van der Waals surface area contributed by atoms with Crippen LogP contribution in [0.3, 0.4) is 0 Å². The second-order valence-corrected chi connectivity index (χ2v) is 15.9. The van der Waals surface area contributed by atoms with Gasteiger partial charge < -0.3 is 46.3 Å². The third-order valence-corrected chi connectivity index (χ3v) is 11.6. The predicted octanol–water partition coefficient (Wildman–Crippen LogP) is 2.38. The van der Waals surface area contributed by atoms with E-state index in [-0.39, 0.29) is 30.8 Å². The predicted molar refractivity (Wildman–Crippen MR) is 212 cm³/mol. The van der Waals surface area contributed by atoms with Gasteiger partial charge in [-0.3, -0.25) is 28.8 Å². The number of ether oxygens (including phenoxy) is 2. The lowest BCUT2D eigenvalue weighted by atomic mass is 9.83. The second kappa shape index (κ2) is 21.5. The number of nitrogens with one attached hydrogen (secondary N) is 6. The second-order valence-electron chi connectivity index (χ2n) is 15.9. The average molecular weight is 812 g/mol. The molecule has 17 nitrogen and oxygen atoms in total. The summed E-state index contributed by atoms with van der Waals surface area (Å²) >= 11 is 0. The molecule has 1 unspecified atom stereocenters. The Balaban J connectivity index is 1.52. The van der Waals surface area contributed by atoms with Gasteiger partial charge >= 0.3 is 12.2 Å². The van der Waals surface area contributed by atoms with Crippen molar-refractivity contribution in [1.29, 1.82) is 0 Å². The van der Waals surface area contributed by atoms with E-state index in [1.54, 1.807) is 25.7 Å². The third-order valence-electron chi connectivity index (χ3n) is 11.6. The number of carbonyl (C=O) groups excluding carboxylic acids is 8. The number of Topliss-reactive ketones (excluding diaryl/α,β-unsaturated/α-hetero) is 1. The molecule has 58 heavy (non-hydrogen) atoms. The van der Waals surface area contributed by atoms with Crippen LogP contribution in [0, 0.1) is 17.8 Å². The van der Waals surface area contributed by atoms with Crippen molar-refractivity contribution < 1.29 is 47.8 Å². The molecule has 3 fully saturated rings. The van der Waals surface area contributed by atoms with E-state index in [0.29, 0.717) is 38.5 Å². The molecule has 1 heterocycles. The van der Waals surface area contributed by atoms with Crippen LogP contribution in [0.4, 0.5) is 9.59 Å². The van der Waals surface area contributed by atoms with Gasteiger partial charge in [-0.05, 0) is 68.8 Å². The molecule has 2 bridgehead atoms. The Hall–Kier alpha value is -5.22. The van der Waals surface area contributed by atoms with Gasteiger partial charge in [0.1, 0.15) is 24.2 Å². The molecule has 8 atom stereocenters. The maximum absolute atomic E-state index is 14.6. The molecule has 3 aliphatic rings. The highest BCUT2D eigenvalue weighted by molar-refractivity contribution is 6.38. The number of hydrogen-bond acceptors (Lipinski definition) is 10. The normalized spacial score (nSPS) is 21.4. The summed E-state index contributed by atoms with van der Waals surface area (Å²) in [5.41, 5.74) is 0.822. The molecule has 0 aromatic heterocycles. The number of methoxy groups -OCH3 is 2. The van der Waals surface area contributed by atoms with Gasteiger partial charge in [-0.15, -0.1) is 0 Å². The van der Waals surface area contributed by atoms with Gasteiger partial charge in [0, 0.05) is 6.04 Å². The summed E-state index contributed by atoms with van der Waals surface area (Å²) in [4.78, 5) is 109. The summed E-state index contributed by atoms with van der Waals surface area (Å²) in [7, 11) is 2.27. The van der Waals surface area contributed by atoms with Gasteiger partial charge in [-0.1, -0.05) is 76.8 Å². The smallest absolute Gasteiger partial charge is 0.407 e. The molecule has 6 N–H and O–H groups in total. The van der Waals surface area contributed by atoms with E-state index in [2.05, 4.69) is 41.4 Å². The van der Waals surface area contributed by atoms with Crippen LogP contribution >= 0.6 is 0 Å². The minimum absolute atomic E-state index is 0.172. The van der Waals surface area contributed by atoms with E-state index in [1.165, 1.54) is 0 Å². The molecule has 1 aromatic carbocycles. The van der Waals surface area contributed by atoms with E-state index < -0.39 is 89.7 Å². The molecule has 7 amide bonds. The summed E-state index contributed by atoms with van der Waals surface area (Å²) in [6.45, 7) is 6.81. The van der Waals surface area contributed by atoms with Crippen molar-refractivity contribution in [3.63, 3.8) is 0 Å². The van der Waals surface area contributed by atoms with E-state index >= 15 is 0 Å². The van der Waals surface area contributed by atoms with Crippen LogP contribution in [0.25, 0.3) is 0 Å². The highest BCUT2D eigenvalue weighted by Gasteiger charge is 2.53. The molecule has 320 valence electrons. The van der Waals surface area contributed by atoms with Crippen molar-refractivity contribution in [2.24, 2.45) is 17.8 Å². The van der Waals surface area contributed by atoms with Crippen molar-refractivity contribution in [2.75, 3.05) is 20.8 Å². The third kappa shape index (κ3) is 11.7. The van der Waals surface area contributed by atoms with Gasteiger partial charge in [0.15, 0.2) is 0 Å². The molecular formula is C41H61N7O10. The standard InChI is InChI=1S/C41H61N7O10/c1-7-14-29(34(49)38(53)43-24(4)25-15-10-8-11-16-25)44-37(52)33-27-19-20-28(21-27)48(33)39(54)31(23(2)3)46-36(51)32(26-17-12-9-13-18-26)47-35(50)30(45-41(56)58-6)22-42-40(55)57-5/h8,10-11,15-16,23-24,26-33H,7,9,12-14,17-22H2,1-6H3,(H,42,55)(H,43,53)(H,44,52)(H,45,56)(H,46,51)(H,47,50)/t24-,27-,28+,29?,30-,31-,32-,33-/m0/s1. The van der Waals surface area contributed by atoms with Crippen LogP contribution in [0.5, 0.6) is 0 Å². The van der Waals surface area contributed by atoms with Crippen LogP contribution < -0.4 is 31.9 Å². The molecule has 1 aromatic rings. The molecule has 1 aliphatic heterocycles. The molecule has 0 radical (unpaired) electrons. The van der Waals surface area contributed by atoms with Gasteiger partial charge in [0.25, 0.3) is 5.91 Å². The van der Waals surface area contributed by atoms with Crippen molar-refractivity contribution in [1.82, 2.24) is 36.8 Å². The average Bonchev–Trinajstić information content (AvgIpc) is 3.85. The highest BCUT2D eigenvalue weighted by atomic mass is 16.5. The van der Waals surface area contributed by atoms with Crippen molar-refractivity contribution in [2.45, 2.75) is 134 Å². The molecule has 1 saturated heterocycles. The van der Waals surface area contributed by atoms with Gasteiger partial charge in [-0.25, -0.2) is 9.59 Å². The summed E-state index contributed by atoms with van der Waals surface area (Å²) in [6.07, 6.45) is 4.81. The summed E-state index contributed by atoms with van der Waals surface area (Å²) < 4.78 is 9.25. The topological polar surface area (TPSA) is 230 Å². The number of ketones is 1. The molecule has 17 heteroatoms. The van der Waals surface area contributed by atoms with Crippen molar-refractivity contribution >= 4 is 47.5 Å². The molecule has 0 spiro atoms. The summed E-state index contributed by atoms with van der Waals surface area (Å²) in [5.74, 6) is -4.80. The minimum atomic E-state index is -1.32. The highest BCUT2D eigenvalue weighted by Crippen LogP contribution is 2.43. The number of benzene rings is 1. The summed E-state index contributed by atoms with van der Waals surface area (Å²) in [6, 6.07) is 3.00. The Kier molecular flexibility index (Phi) is 16.9. The fourth-order valence-corrected chi connectivity index (χ4v) is 8.41. The van der Waals surface area contributed by atoms with Crippen LogP contribution in [-0.2, 0) is 38.2 Å². The Labute approximate surface area is 340 Å². The fourth-order valence-electron chi connectivity index (χ4n) is 8.41. The number of piperidine rings is 1. The van der Waals surface area contributed by atoms with E-state index in [1.807, 2.05) is 37.3 Å². The number of alkyl carbamates (subject to hydrolysis) is 2. The Morgan fingerprint density at radius 2 is 1.43 bits per heavy atom. The lowest BCUT2D eigenvalue weighted by molar-refractivity contribution is -0.148. The first-order valence-corrected chi connectivity index (χ1v) is 20.5. The zero-order chi connectivity index (χ0) is 42.5. The maximum Gasteiger partial charge on any atom is 0.407 e. The van der Waals surface area contributed by atoms with Crippen LogP contribution in [0.2, 0.25) is 0 Å². The Bertz CT molecular complexity index is 1640. The minimum Gasteiger partial charge on any atom is -0.453 e. The quantitative estimate of drug-likeness (QED) is 0.119. The first-order chi connectivity index (χ1) is 27.7. The largest absolute Gasteiger partial charge is 0.453 e. The fraction of sp³-hybridized carbons (Fsp3) is 0.659. The first kappa shape index (κ1) is 45.5. The van der Waals surface area contributed by atoms with E-state index in [9.17, 15) is 38.4 Å². The zero-order valence-corrected chi connectivity index (χ0v) is 34.5. The molecule has 2 aliphatic carbocycles. The van der Waals surface area contributed by atoms with Gasteiger partial charge in [0.2, 0.25) is 29.4 Å². The molecule has 4 rings (SSSR count). The lowest BCUT2D eigenvalue weighted by Crippen LogP contribution is -2.63. The van der Waals surface area contributed by atoms with Crippen LogP contribution in [0.1, 0.15) is 104 Å². The van der Waals surface area contributed by atoms with Crippen LogP contribution in [-0.4, -0.2) is 109 Å². The Morgan fingerprint density at radius 1 is 0.759 bits per heavy atom. The van der Waals surface area contributed by atoms with Crippen LogP contribution in [0.15, 0.2) is 30.3 Å². The summed E-state index contributed by atoms with van der Waals surface area (Å²) in [5, 5.41) is 16.0. The molecular weight excluding hydrogens is 750 g/mol. The zero-order valence-electron chi connectivity index (χ0n) is 34.5. The number of fused-ring (bicyclic) bond motifs is 2. The number of amides is 7.